The molecule has 1 aromatic heterocycles. The molecule has 0 aliphatic carbocycles. The molecule has 2 aromatic rings. The summed E-state index contributed by atoms with van der Waals surface area (Å²) in [5.74, 6) is 0.864. The number of halogens is 1. The summed E-state index contributed by atoms with van der Waals surface area (Å²) in [4.78, 5) is 10.5. The Kier molecular flexibility index (Phi) is 3.82. The smallest absolute Gasteiger partial charge is 0.140 e. The zero-order chi connectivity index (χ0) is 13.1. The third kappa shape index (κ3) is 2.46. The molecule has 0 radical (unpaired) electrons. The van der Waals surface area contributed by atoms with E-state index in [1.807, 2.05) is 13.0 Å². The van der Waals surface area contributed by atoms with Crippen LogP contribution in [0.4, 0.5) is 11.5 Å². The van der Waals surface area contributed by atoms with Gasteiger partial charge in [0.25, 0.3) is 0 Å². The number of hydrogen-bond donors (Lipinski definition) is 0. The molecule has 0 amide bonds. The molecular weight excluding hydrogens is 246 g/mol. The second-order valence-corrected chi connectivity index (χ2v) is 4.55. The van der Waals surface area contributed by atoms with Gasteiger partial charge in [-0.2, -0.15) is 0 Å². The summed E-state index contributed by atoms with van der Waals surface area (Å²) >= 11 is 6.06. The molecule has 4 heteroatoms. The lowest BCUT2D eigenvalue weighted by atomic mass is 10.2. The van der Waals surface area contributed by atoms with Crippen LogP contribution in [0.3, 0.4) is 0 Å². The van der Waals surface area contributed by atoms with E-state index in [4.69, 9.17) is 11.6 Å². The van der Waals surface area contributed by atoms with Crippen molar-refractivity contribution in [3.8, 4) is 0 Å². The van der Waals surface area contributed by atoms with Gasteiger partial charge in [-0.3, -0.25) is 0 Å². The van der Waals surface area contributed by atoms with Crippen LogP contribution in [-0.2, 0) is 0 Å². The van der Waals surface area contributed by atoms with Crippen LogP contribution < -0.4 is 4.90 Å². The lowest BCUT2D eigenvalue weighted by Crippen LogP contribution is -2.19. The Morgan fingerprint density at radius 3 is 2.67 bits per heavy atom. The van der Waals surface area contributed by atoms with Gasteiger partial charge >= 0.3 is 0 Å². The van der Waals surface area contributed by atoms with Crippen molar-refractivity contribution in [2.75, 3.05) is 11.4 Å². The number of aryl methyl sites for hydroxylation is 1. The zero-order valence-electron chi connectivity index (χ0n) is 10.8. The van der Waals surface area contributed by atoms with Gasteiger partial charge in [0.05, 0.1) is 0 Å². The average molecular weight is 262 g/mol. The minimum absolute atomic E-state index is 0.506. The van der Waals surface area contributed by atoms with E-state index >= 15 is 0 Å². The fourth-order valence-electron chi connectivity index (χ4n) is 1.94. The zero-order valence-corrected chi connectivity index (χ0v) is 11.6. The quantitative estimate of drug-likeness (QED) is 0.785. The van der Waals surface area contributed by atoms with Gasteiger partial charge < -0.3 is 4.90 Å². The van der Waals surface area contributed by atoms with E-state index in [2.05, 4.69) is 46.9 Å². The fraction of sp³-hybridized carbons (Fsp3) is 0.286. The highest BCUT2D eigenvalue weighted by molar-refractivity contribution is 6.30. The topological polar surface area (TPSA) is 29.0 Å². The maximum Gasteiger partial charge on any atom is 0.140 e. The van der Waals surface area contributed by atoms with Crippen molar-refractivity contribution in [1.29, 1.82) is 0 Å². The standard InChI is InChI=1S/C14H16ClN3/c1-4-18(12-7-5-6-10(2)8-12)14-11(3)13(15)16-9-17-14/h5-9H,4H2,1-3H3. The van der Waals surface area contributed by atoms with Crippen LogP contribution in [0.5, 0.6) is 0 Å². The van der Waals surface area contributed by atoms with Gasteiger partial charge in [0.15, 0.2) is 0 Å². The summed E-state index contributed by atoms with van der Waals surface area (Å²) in [7, 11) is 0. The highest BCUT2D eigenvalue weighted by Crippen LogP contribution is 2.28. The average Bonchev–Trinajstić information content (AvgIpc) is 2.35. The Balaban J connectivity index is 2.49. The van der Waals surface area contributed by atoms with E-state index in [0.29, 0.717) is 5.15 Å². The highest BCUT2D eigenvalue weighted by Gasteiger charge is 2.13. The summed E-state index contributed by atoms with van der Waals surface area (Å²) in [6.07, 6.45) is 1.50. The van der Waals surface area contributed by atoms with Crippen molar-refractivity contribution in [1.82, 2.24) is 9.97 Å². The van der Waals surface area contributed by atoms with Crippen LogP contribution in [0.2, 0.25) is 5.15 Å². The van der Waals surface area contributed by atoms with Crippen LogP contribution in [0.15, 0.2) is 30.6 Å². The van der Waals surface area contributed by atoms with Crippen LogP contribution in [0.25, 0.3) is 0 Å². The third-order valence-electron chi connectivity index (χ3n) is 2.88. The molecule has 0 saturated heterocycles. The molecule has 0 N–H and O–H groups in total. The molecule has 0 aliphatic rings. The van der Waals surface area contributed by atoms with Crippen molar-refractivity contribution in [2.24, 2.45) is 0 Å². The SMILES string of the molecule is CCN(c1cccc(C)c1)c1ncnc(Cl)c1C. The molecule has 94 valence electrons. The summed E-state index contributed by atoms with van der Waals surface area (Å²) in [5, 5.41) is 0.506. The van der Waals surface area contributed by atoms with Crippen molar-refractivity contribution in [3.63, 3.8) is 0 Å². The van der Waals surface area contributed by atoms with Gasteiger partial charge in [-0.1, -0.05) is 23.7 Å². The lowest BCUT2D eigenvalue weighted by molar-refractivity contribution is 0.961. The molecule has 0 spiro atoms. The number of anilines is 2. The molecule has 1 aromatic carbocycles. The van der Waals surface area contributed by atoms with Crippen molar-refractivity contribution >= 4 is 23.1 Å². The third-order valence-corrected chi connectivity index (χ3v) is 3.26. The number of rotatable bonds is 3. The monoisotopic (exact) mass is 261 g/mol. The Hall–Kier alpha value is -1.61. The van der Waals surface area contributed by atoms with E-state index in [-0.39, 0.29) is 0 Å². The Bertz CT molecular complexity index is 554. The number of nitrogens with zero attached hydrogens (tertiary/aromatic N) is 3. The number of benzene rings is 1. The van der Waals surface area contributed by atoms with Crippen LogP contribution in [-0.4, -0.2) is 16.5 Å². The number of aromatic nitrogens is 2. The molecule has 2 rings (SSSR count). The molecule has 0 fully saturated rings. The number of hydrogen-bond acceptors (Lipinski definition) is 3. The van der Waals surface area contributed by atoms with Gasteiger partial charge in [-0.15, -0.1) is 0 Å². The predicted molar refractivity (Wildman–Crippen MR) is 75.6 cm³/mol. The van der Waals surface area contributed by atoms with Gasteiger partial charge in [-0.25, -0.2) is 9.97 Å². The first-order valence-electron chi connectivity index (χ1n) is 5.94. The Labute approximate surface area is 112 Å². The summed E-state index contributed by atoms with van der Waals surface area (Å²) in [6.45, 7) is 6.95. The van der Waals surface area contributed by atoms with Crippen molar-refractivity contribution in [3.05, 3.63) is 46.9 Å². The minimum atomic E-state index is 0.506. The fourth-order valence-corrected chi connectivity index (χ4v) is 2.07. The van der Waals surface area contributed by atoms with Crippen molar-refractivity contribution in [2.45, 2.75) is 20.8 Å². The molecule has 0 bridgehead atoms. The molecule has 1 heterocycles. The predicted octanol–water partition coefficient (Wildman–Crippen LogP) is 3.90. The van der Waals surface area contributed by atoms with E-state index in [1.165, 1.54) is 11.9 Å². The minimum Gasteiger partial charge on any atom is -0.326 e. The van der Waals surface area contributed by atoms with Gasteiger partial charge in [0, 0.05) is 17.8 Å². The maximum absolute atomic E-state index is 6.06. The van der Waals surface area contributed by atoms with Crippen LogP contribution in [0.1, 0.15) is 18.1 Å². The summed E-state index contributed by atoms with van der Waals surface area (Å²) in [6, 6.07) is 8.34. The molecule has 18 heavy (non-hydrogen) atoms. The van der Waals surface area contributed by atoms with Crippen LogP contribution in [0, 0.1) is 13.8 Å². The molecule has 0 atom stereocenters. The largest absolute Gasteiger partial charge is 0.326 e. The van der Waals surface area contributed by atoms with Gasteiger partial charge in [0.1, 0.15) is 17.3 Å². The first-order valence-corrected chi connectivity index (χ1v) is 6.32. The molecular formula is C14H16ClN3. The van der Waals surface area contributed by atoms with Gasteiger partial charge in [0.2, 0.25) is 0 Å². The summed E-state index contributed by atoms with van der Waals surface area (Å²) in [5.41, 5.74) is 3.25. The molecule has 0 unspecified atom stereocenters. The molecule has 3 nitrogen and oxygen atoms in total. The Morgan fingerprint density at radius 2 is 2.00 bits per heavy atom. The van der Waals surface area contributed by atoms with Crippen LogP contribution >= 0.6 is 11.6 Å². The second-order valence-electron chi connectivity index (χ2n) is 4.20. The van der Waals surface area contributed by atoms with E-state index in [0.717, 1.165) is 23.6 Å². The normalized spacial score (nSPS) is 10.4. The first-order chi connectivity index (χ1) is 8.63. The van der Waals surface area contributed by atoms with E-state index < -0.39 is 0 Å². The van der Waals surface area contributed by atoms with E-state index in [1.54, 1.807) is 0 Å². The van der Waals surface area contributed by atoms with Gasteiger partial charge in [-0.05, 0) is 38.5 Å². The highest BCUT2D eigenvalue weighted by atomic mass is 35.5. The second kappa shape index (κ2) is 5.36. The molecule has 0 saturated carbocycles. The van der Waals surface area contributed by atoms with Crippen molar-refractivity contribution < 1.29 is 0 Å². The first kappa shape index (κ1) is 12.8. The Morgan fingerprint density at radius 1 is 1.22 bits per heavy atom. The maximum atomic E-state index is 6.06. The van der Waals surface area contributed by atoms with E-state index in [9.17, 15) is 0 Å². The lowest BCUT2D eigenvalue weighted by Gasteiger charge is -2.24. The summed E-state index contributed by atoms with van der Waals surface area (Å²) < 4.78 is 0. The molecule has 0 aliphatic heterocycles.